The van der Waals surface area contributed by atoms with Crippen LogP contribution in [0.2, 0.25) is 0 Å². The van der Waals surface area contributed by atoms with Gasteiger partial charge in [-0.05, 0) is 35.2 Å². The molecule has 1 aromatic carbocycles. The predicted octanol–water partition coefficient (Wildman–Crippen LogP) is 2.96. The maximum absolute atomic E-state index is 11.8. The molecule has 0 radical (unpaired) electrons. The van der Waals surface area contributed by atoms with Crippen molar-refractivity contribution in [2.24, 2.45) is 4.99 Å². The fourth-order valence-corrected chi connectivity index (χ4v) is 2.42. The van der Waals surface area contributed by atoms with E-state index < -0.39 is 5.97 Å². The number of cyclic esters (lactones) is 1. The monoisotopic (exact) mass is 280 g/mol. The van der Waals surface area contributed by atoms with E-state index in [0.29, 0.717) is 11.5 Å². The van der Waals surface area contributed by atoms with Gasteiger partial charge < -0.3 is 4.74 Å². The van der Waals surface area contributed by atoms with Crippen molar-refractivity contribution in [1.29, 1.82) is 5.26 Å². The molecule has 5 heteroatoms. The largest absolute Gasteiger partial charge is 0.401 e. The lowest BCUT2D eigenvalue weighted by Gasteiger charge is -1.94. The van der Waals surface area contributed by atoms with E-state index >= 15 is 0 Å². The second-order valence-corrected chi connectivity index (χ2v) is 5.00. The Morgan fingerprint density at radius 2 is 2.20 bits per heavy atom. The Bertz CT molecular complexity index is 767. The van der Waals surface area contributed by atoms with Crippen LogP contribution in [0.15, 0.2) is 52.5 Å². The molecule has 0 N–H and O–H groups in total. The van der Waals surface area contributed by atoms with E-state index in [9.17, 15) is 4.79 Å². The number of nitrogens with zero attached hydrogens (tertiary/aromatic N) is 2. The first-order valence-electron chi connectivity index (χ1n) is 5.83. The second kappa shape index (κ2) is 5.11. The van der Waals surface area contributed by atoms with E-state index in [1.54, 1.807) is 30.3 Å². The summed E-state index contributed by atoms with van der Waals surface area (Å²) in [5, 5.41) is 10.7. The number of ether oxygens (including phenoxy) is 1. The molecule has 0 atom stereocenters. The van der Waals surface area contributed by atoms with E-state index in [0.717, 1.165) is 10.4 Å². The van der Waals surface area contributed by atoms with Gasteiger partial charge in [0, 0.05) is 0 Å². The van der Waals surface area contributed by atoms with Crippen molar-refractivity contribution < 1.29 is 9.53 Å². The van der Waals surface area contributed by atoms with Crippen LogP contribution in [0, 0.1) is 11.3 Å². The van der Waals surface area contributed by atoms with Crippen LogP contribution in [0.5, 0.6) is 0 Å². The third-order valence-electron chi connectivity index (χ3n) is 2.67. The van der Waals surface area contributed by atoms with E-state index in [-0.39, 0.29) is 5.70 Å². The SMILES string of the molecule is N#Cc1cccc(C=C2N=C(c3cccs3)OC2=O)c1. The Kier molecular flexibility index (Phi) is 3.15. The molecule has 0 amide bonds. The Hall–Kier alpha value is -2.71. The van der Waals surface area contributed by atoms with Crippen molar-refractivity contribution in [2.75, 3.05) is 0 Å². The fraction of sp³-hybridized carbons (Fsp3) is 0. The fourth-order valence-electron chi connectivity index (χ4n) is 1.77. The minimum Gasteiger partial charge on any atom is -0.401 e. The molecule has 2 heterocycles. The molecule has 4 nitrogen and oxygen atoms in total. The number of hydrogen-bond donors (Lipinski definition) is 0. The second-order valence-electron chi connectivity index (χ2n) is 4.05. The molecule has 20 heavy (non-hydrogen) atoms. The van der Waals surface area contributed by atoms with Crippen LogP contribution in [-0.4, -0.2) is 11.9 Å². The number of rotatable bonds is 2. The summed E-state index contributed by atoms with van der Waals surface area (Å²) in [7, 11) is 0. The van der Waals surface area contributed by atoms with Crippen LogP contribution in [0.1, 0.15) is 16.0 Å². The van der Waals surface area contributed by atoms with Gasteiger partial charge in [0.05, 0.1) is 16.5 Å². The van der Waals surface area contributed by atoms with Gasteiger partial charge in [0.15, 0.2) is 5.70 Å². The third kappa shape index (κ3) is 2.37. The lowest BCUT2D eigenvalue weighted by atomic mass is 10.1. The summed E-state index contributed by atoms with van der Waals surface area (Å²) in [6, 6.07) is 12.7. The molecule has 96 valence electrons. The average molecular weight is 280 g/mol. The van der Waals surface area contributed by atoms with Gasteiger partial charge in [0.25, 0.3) is 0 Å². The Labute approximate surface area is 119 Å². The zero-order valence-electron chi connectivity index (χ0n) is 10.2. The summed E-state index contributed by atoms with van der Waals surface area (Å²) in [4.78, 5) is 16.8. The van der Waals surface area contributed by atoms with Crippen LogP contribution in [0.4, 0.5) is 0 Å². The first-order valence-corrected chi connectivity index (χ1v) is 6.71. The van der Waals surface area contributed by atoms with Gasteiger partial charge in [-0.15, -0.1) is 11.3 Å². The number of carbonyl (C=O) groups is 1. The highest BCUT2D eigenvalue weighted by molar-refractivity contribution is 7.12. The van der Waals surface area contributed by atoms with Gasteiger partial charge in [0.1, 0.15) is 0 Å². The highest BCUT2D eigenvalue weighted by Crippen LogP contribution is 2.21. The molecule has 0 saturated heterocycles. The zero-order chi connectivity index (χ0) is 13.9. The van der Waals surface area contributed by atoms with Gasteiger partial charge >= 0.3 is 5.97 Å². The number of esters is 1. The maximum atomic E-state index is 11.8. The first-order chi connectivity index (χ1) is 9.76. The van der Waals surface area contributed by atoms with Crippen molar-refractivity contribution in [3.8, 4) is 6.07 Å². The summed E-state index contributed by atoms with van der Waals surface area (Å²) in [5.41, 5.74) is 1.52. The van der Waals surface area contributed by atoms with Crippen molar-refractivity contribution in [2.45, 2.75) is 0 Å². The minimum atomic E-state index is -0.476. The van der Waals surface area contributed by atoms with Gasteiger partial charge in [-0.2, -0.15) is 5.26 Å². The molecule has 1 aliphatic rings. The smallest absolute Gasteiger partial charge is 0.363 e. The molecule has 0 saturated carbocycles. The van der Waals surface area contributed by atoms with Crippen LogP contribution in [0.25, 0.3) is 6.08 Å². The van der Waals surface area contributed by atoms with Gasteiger partial charge in [0.2, 0.25) is 5.90 Å². The maximum Gasteiger partial charge on any atom is 0.363 e. The van der Waals surface area contributed by atoms with Crippen LogP contribution in [0.3, 0.4) is 0 Å². The van der Waals surface area contributed by atoms with Crippen LogP contribution >= 0.6 is 11.3 Å². The zero-order valence-corrected chi connectivity index (χ0v) is 11.1. The summed E-state index contributed by atoms with van der Waals surface area (Å²) in [6.07, 6.45) is 1.61. The molecule has 0 unspecified atom stereocenters. The number of nitriles is 1. The third-order valence-corrected chi connectivity index (χ3v) is 3.53. The number of hydrogen-bond acceptors (Lipinski definition) is 5. The molecular weight excluding hydrogens is 272 g/mol. The summed E-state index contributed by atoms with van der Waals surface area (Å²) in [6.45, 7) is 0. The van der Waals surface area contributed by atoms with Crippen molar-refractivity contribution in [1.82, 2.24) is 0 Å². The minimum absolute atomic E-state index is 0.239. The molecule has 1 aliphatic heterocycles. The van der Waals surface area contributed by atoms with Gasteiger partial charge in [-0.3, -0.25) is 0 Å². The Morgan fingerprint density at radius 1 is 1.30 bits per heavy atom. The number of thiophene rings is 1. The molecular formula is C15H8N2O2S. The lowest BCUT2D eigenvalue weighted by Crippen LogP contribution is -2.03. The van der Waals surface area contributed by atoms with Gasteiger partial charge in [-0.25, -0.2) is 9.79 Å². The van der Waals surface area contributed by atoms with E-state index in [1.165, 1.54) is 11.3 Å². The molecule has 3 rings (SSSR count). The average Bonchev–Trinajstić information content (AvgIpc) is 3.10. The molecule has 1 aromatic heterocycles. The molecule has 2 aromatic rings. The molecule has 0 aliphatic carbocycles. The highest BCUT2D eigenvalue weighted by atomic mass is 32.1. The lowest BCUT2D eigenvalue weighted by molar-refractivity contribution is -0.129. The van der Waals surface area contributed by atoms with Crippen LogP contribution < -0.4 is 0 Å². The molecule has 0 fully saturated rings. The van der Waals surface area contributed by atoms with Crippen molar-refractivity contribution in [3.05, 3.63) is 63.5 Å². The molecule has 0 spiro atoms. The molecule has 0 bridgehead atoms. The van der Waals surface area contributed by atoms with Crippen LogP contribution in [-0.2, 0) is 9.53 Å². The van der Waals surface area contributed by atoms with E-state index in [2.05, 4.69) is 11.1 Å². The Morgan fingerprint density at radius 3 is 2.95 bits per heavy atom. The summed E-state index contributed by atoms with van der Waals surface area (Å²) < 4.78 is 5.14. The standard InChI is InChI=1S/C15H8N2O2S/c16-9-11-4-1-3-10(7-11)8-12-15(18)19-14(17-12)13-5-2-6-20-13/h1-8H. The summed E-state index contributed by atoms with van der Waals surface area (Å²) >= 11 is 1.46. The van der Waals surface area contributed by atoms with Gasteiger partial charge in [-0.1, -0.05) is 18.2 Å². The topological polar surface area (TPSA) is 62.4 Å². The summed E-state index contributed by atoms with van der Waals surface area (Å²) in [5.74, 6) is -0.150. The van der Waals surface area contributed by atoms with Crippen molar-refractivity contribution in [3.63, 3.8) is 0 Å². The Balaban J connectivity index is 1.95. The number of benzene rings is 1. The number of carbonyl (C=O) groups excluding carboxylic acids is 1. The highest BCUT2D eigenvalue weighted by Gasteiger charge is 2.24. The van der Waals surface area contributed by atoms with E-state index in [4.69, 9.17) is 10.00 Å². The van der Waals surface area contributed by atoms with Crippen molar-refractivity contribution >= 4 is 29.3 Å². The predicted molar refractivity (Wildman–Crippen MR) is 76.1 cm³/mol. The normalized spacial score (nSPS) is 15.8. The quantitative estimate of drug-likeness (QED) is 0.627. The first kappa shape index (κ1) is 12.3. The van der Waals surface area contributed by atoms with E-state index in [1.807, 2.05) is 17.5 Å². The number of aliphatic imine (C=N–C) groups is 1.